The second kappa shape index (κ2) is 3.72. The van der Waals surface area contributed by atoms with E-state index in [1.165, 1.54) is 0 Å². The Hall–Kier alpha value is -1.58. The van der Waals surface area contributed by atoms with Crippen LogP contribution >= 0.6 is 0 Å². The third-order valence-corrected chi connectivity index (χ3v) is 3.75. The van der Waals surface area contributed by atoms with Gasteiger partial charge in [0.05, 0.1) is 6.42 Å². The van der Waals surface area contributed by atoms with E-state index in [1.54, 1.807) is 0 Å². The molecule has 0 saturated carbocycles. The highest BCUT2D eigenvalue weighted by molar-refractivity contribution is 7.89. The molecule has 2 N–H and O–H groups in total. The molecule has 1 saturated heterocycles. The lowest BCUT2D eigenvalue weighted by atomic mass is 9.96. The fourth-order valence-electron chi connectivity index (χ4n) is 1.49. The number of carbonyl (C=O) groups is 3. The van der Waals surface area contributed by atoms with Crippen molar-refractivity contribution in [2.24, 2.45) is 0 Å². The van der Waals surface area contributed by atoms with Gasteiger partial charge in [-0.3, -0.25) is 24.1 Å². The Bertz CT molecular complexity index is 534. The van der Waals surface area contributed by atoms with Crippen molar-refractivity contribution in [2.75, 3.05) is 0 Å². The summed E-state index contributed by atoms with van der Waals surface area (Å²) in [5, 5.41) is 8.48. The average Bonchev–Trinajstić information content (AvgIpc) is 2.41. The molecule has 0 aromatic rings. The zero-order valence-corrected chi connectivity index (χ0v) is 9.52. The summed E-state index contributed by atoms with van der Waals surface area (Å²) in [6.45, 7) is 4.27. The summed E-state index contributed by atoms with van der Waals surface area (Å²) < 4.78 is 28.4. The largest absolute Gasteiger partial charge is 0.292 e. The van der Waals surface area contributed by atoms with Gasteiger partial charge in [0.1, 0.15) is 0 Å². The maximum atomic E-state index is 11.7. The number of amides is 2. The minimum atomic E-state index is -5.21. The predicted molar refractivity (Wildman–Crippen MR) is 52.4 cm³/mol. The van der Waals surface area contributed by atoms with Crippen LogP contribution in [0.3, 0.4) is 0 Å². The van der Waals surface area contributed by atoms with E-state index in [4.69, 9.17) is 9.76 Å². The standard InChI is InChI=1S/C8H9NO7S/c1-4(2)6(11)8(17(14,15)16)3-5(10)9(13)7(8)12/h13H,1,3H2,2H3,(H,14,15,16). The van der Waals surface area contributed by atoms with Gasteiger partial charge < -0.3 is 0 Å². The molecular weight excluding hydrogens is 254 g/mol. The van der Waals surface area contributed by atoms with Gasteiger partial charge in [-0.1, -0.05) is 6.58 Å². The van der Waals surface area contributed by atoms with E-state index in [0.29, 0.717) is 0 Å². The van der Waals surface area contributed by atoms with Crippen LogP contribution in [-0.2, 0) is 24.5 Å². The smallest absolute Gasteiger partial charge is 0.288 e. The summed E-state index contributed by atoms with van der Waals surface area (Å²) in [4.78, 5) is 34.2. The summed E-state index contributed by atoms with van der Waals surface area (Å²) in [7, 11) is -5.21. The molecule has 0 aromatic carbocycles. The van der Waals surface area contributed by atoms with Crippen molar-refractivity contribution in [3.05, 3.63) is 12.2 Å². The van der Waals surface area contributed by atoms with Gasteiger partial charge in [0.15, 0.2) is 5.78 Å². The SMILES string of the molecule is C=C(C)C(=O)C1(S(=O)(=O)O)CC(=O)N(O)C1=O. The zero-order valence-electron chi connectivity index (χ0n) is 8.71. The van der Waals surface area contributed by atoms with E-state index in [2.05, 4.69) is 6.58 Å². The van der Waals surface area contributed by atoms with Crippen molar-refractivity contribution >= 4 is 27.7 Å². The van der Waals surface area contributed by atoms with Crippen molar-refractivity contribution in [3.63, 3.8) is 0 Å². The molecule has 1 atom stereocenters. The quantitative estimate of drug-likeness (QED) is 0.217. The first kappa shape index (κ1) is 13.5. The Morgan fingerprint density at radius 3 is 2.18 bits per heavy atom. The van der Waals surface area contributed by atoms with Gasteiger partial charge in [-0.15, -0.1) is 0 Å². The molecule has 1 fully saturated rings. The van der Waals surface area contributed by atoms with Crippen molar-refractivity contribution in [2.45, 2.75) is 18.1 Å². The van der Waals surface area contributed by atoms with E-state index in [0.717, 1.165) is 6.92 Å². The fourth-order valence-corrected chi connectivity index (χ4v) is 2.51. The van der Waals surface area contributed by atoms with Crippen molar-refractivity contribution in [1.29, 1.82) is 0 Å². The molecule has 9 heteroatoms. The molecule has 1 rings (SSSR count). The van der Waals surface area contributed by atoms with Crippen LogP contribution in [-0.4, -0.2) is 45.6 Å². The Morgan fingerprint density at radius 2 is 1.94 bits per heavy atom. The third kappa shape index (κ3) is 1.68. The van der Waals surface area contributed by atoms with Gasteiger partial charge in [-0.05, 0) is 12.5 Å². The Labute approximate surface area is 96.2 Å². The van der Waals surface area contributed by atoms with Gasteiger partial charge in [-0.25, -0.2) is 0 Å². The maximum Gasteiger partial charge on any atom is 0.288 e. The molecule has 2 amide bonds. The number of rotatable bonds is 3. The number of hydrogen-bond donors (Lipinski definition) is 2. The fraction of sp³-hybridized carbons (Fsp3) is 0.375. The van der Waals surface area contributed by atoms with Gasteiger partial charge in [-0.2, -0.15) is 13.5 Å². The van der Waals surface area contributed by atoms with E-state index in [9.17, 15) is 22.8 Å². The van der Waals surface area contributed by atoms with Crippen LogP contribution in [0.15, 0.2) is 12.2 Å². The van der Waals surface area contributed by atoms with Crippen LogP contribution in [0.2, 0.25) is 0 Å². The molecule has 1 aliphatic heterocycles. The molecule has 0 spiro atoms. The lowest BCUT2D eigenvalue weighted by Gasteiger charge is -2.20. The minimum Gasteiger partial charge on any atom is -0.292 e. The highest BCUT2D eigenvalue weighted by atomic mass is 32.2. The summed E-state index contributed by atoms with van der Waals surface area (Å²) in [5.41, 5.74) is -0.334. The van der Waals surface area contributed by atoms with E-state index >= 15 is 0 Å². The van der Waals surface area contributed by atoms with Crippen LogP contribution < -0.4 is 0 Å². The number of Topliss-reactive ketones (excluding diaryl/α,β-unsaturated/α-hetero) is 1. The first-order chi connectivity index (χ1) is 7.55. The molecule has 1 heterocycles. The second-order valence-corrected chi connectivity index (χ2v) is 5.25. The summed E-state index contributed by atoms with van der Waals surface area (Å²) in [6, 6.07) is 0. The van der Waals surface area contributed by atoms with E-state index in [-0.39, 0.29) is 5.57 Å². The molecular formula is C8H9NO7S. The van der Waals surface area contributed by atoms with Gasteiger partial charge in [0, 0.05) is 0 Å². The van der Waals surface area contributed by atoms with Crippen LogP contribution in [0.5, 0.6) is 0 Å². The number of ketones is 1. The molecule has 1 unspecified atom stereocenters. The van der Waals surface area contributed by atoms with E-state index in [1.807, 2.05) is 0 Å². The van der Waals surface area contributed by atoms with Crippen LogP contribution in [0.4, 0.5) is 0 Å². The molecule has 0 bridgehead atoms. The van der Waals surface area contributed by atoms with Gasteiger partial charge in [0.2, 0.25) is 4.75 Å². The summed E-state index contributed by atoms with van der Waals surface area (Å²) in [6.07, 6.45) is -1.15. The molecule has 1 aliphatic rings. The van der Waals surface area contributed by atoms with Gasteiger partial charge in [0.25, 0.3) is 21.9 Å². The Balaban J connectivity index is 3.55. The molecule has 94 valence electrons. The lowest BCUT2D eigenvalue weighted by Crippen LogP contribution is -2.52. The molecule has 0 radical (unpaired) electrons. The van der Waals surface area contributed by atoms with E-state index < -0.39 is 43.9 Å². The third-order valence-electron chi connectivity index (χ3n) is 2.37. The Kier molecular flexibility index (Phi) is 2.95. The van der Waals surface area contributed by atoms with Gasteiger partial charge >= 0.3 is 0 Å². The van der Waals surface area contributed by atoms with Crippen LogP contribution in [0.25, 0.3) is 0 Å². The van der Waals surface area contributed by atoms with Crippen LogP contribution in [0.1, 0.15) is 13.3 Å². The number of carbonyl (C=O) groups excluding carboxylic acids is 3. The number of imide groups is 1. The Morgan fingerprint density at radius 1 is 1.47 bits per heavy atom. The molecule has 17 heavy (non-hydrogen) atoms. The topological polar surface area (TPSA) is 129 Å². The summed E-state index contributed by atoms with van der Waals surface area (Å²) in [5.74, 6) is -4.31. The normalized spacial score (nSPS) is 25.2. The number of hydroxylamine groups is 2. The molecule has 8 nitrogen and oxygen atoms in total. The number of hydrogen-bond acceptors (Lipinski definition) is 6. The van der Waals surface area contributed by atoms with Crippen molar-refractivity contribution in [3.8, 4) is 0 Å². The first-order valence-electron chi connectivity index (χ1n) is 4.29. The highest BCUT2D eigenvalue weighted by Crippen LogP contribution is 2.33. The number of nitrogens with zero attached hydrogens (tertiary/aromatic N) is 1. The number of allylic oxidation sites excluding steroid dienone is 1. The monoisotopic (exact) mass is 263 g/mol. The minimum absolute atomic E-state index is 0.334. The second-order valence-electron chi connectivity index (χ2n) is 3.60. The zero-order chi connectivity index (χ0) is 13.6. The average molecular weight is 263 g/mol. The summed E-state index contributed by atoms with van der Waals surface area (Å²) >= 11 is 0. The van der Waals surface area contributed by atoms with Crippen molar-refractivity contribution in [1.82, 2.24) is 5.06 Å². The van der Waals surface area contributed by atoms with Crippen molar-refractivity contribution < 1.29 is 32.6 Å². The lowest BCUT2D eigenvalue weighted by molar-refractivity contribution is -0.171. The molecule has 0 aliphatic carbocycles. The molecule has 0 aromatic heterocycles. The van der Waals surface area contributed by atoms with Crippen LogP contribution in [0, 0.1) is 0 Å². The first-order valence-corrected chi connectivity index (χ1v) is 5.73. The maximum absolute atomic E-state index is 11.7. The predicted octanol–water partition coefficient (Wildman–Crippen LogP) is -1.09. The highest BCUT2D eigenvalue weighted by Gasteiger charge is 2.65.